The van der Waals surface area contributed by atoms with E-state index in [0.29, 0.717) is 58.0 Å². The van der Waals surface area contributed by atoms with E-state index in [-0.39, 0.29) is 23.9 Å². The summed E-state index contributed by atoms with van der Waals surface area (Å²) in [5, 5.41) is 6.01. The second-order valence-corrected chi connectivity index (χ2v) is 16.9. The molecule has 0 unspecified atom stereocenters. The molecule has 2 aromatic carbocycles. The molecule has 1 saturated carbocycles. The maximum Gasteiger partial charge on any atom is 0.321 e. The molecule has 10 heteroatoms. The van der Waals surface area contributed by atoms with E-state index >= 15 is 0 Å². The molecular formula is C47H74N6O4. The third-order valence-electron chi connectivity index (χ3n) is 11.7. The van der Waals surface area contributed by atoms with Crippen LogP contribution in [0.15, 0.2) is 48.5 Å². The third-order valence-corrected chi connectivity index (χ3v) is 11.7. The van der Waals surface area contributed by atoms with Crippen LogP contribution in [-0.4, -0.2) is 95.8 Å². The number of hydrogen-bond acceptors (Lipinski definition) is 4. The topological polar surface area (TPSA) is 105 Å². The number of aryl methyl sites for hydroxylation is 2. The Morgan fingerprint density at radius 3 is 1.47 bits per heavy atom. The summed E-state index contributed by atoms with van der Waals surface area (Å²) >= 11 is 0. The number of nitrogens with one attached hydrogen (secondary N) is 2. The number of urea groups is 2. The zero-order valence-electron chi connectivity index (χ0n) is 35.9. The van der Waals surface area contributed by atoms with E-state index in [1.54, 1.807) is 0 Å². The highest BCUT2D eigenvalue weighted by atomic mass is 16.2. The molecule has 0 radical (unpaired) electrons. The van der Waals surface area contributed by atoms with Crippen molar-refractivity contribution in [2.75, 3.05) is 63.0 Å². The Labute approximate surface area is 344 Å². The number of hydrogen-bond donors (Lipinski definition) is 2. The molecule has 3 aliphatic rings. The fourth-order valence-corrected chi connectivity index (χ4v) is 7.97. The summed E-state index contributed by atoms with van der Waals surface area (Å²) in [5.74, 6) is 1.77. The number of unbranched alkanes of at least 4 members (excludes halogenated alkanes) is 3. The van der Waals surface area contributed by atoms with Gasteiger partial charge in [0.15, 0.2) is 0 Å². The highest BCUT2D eigenvalue weighted by Crippen LogP contribution is 2.29. The second kappa shape index (κ2) is 25.3. The molecule has 2 aliphatic heterocycles. The van der Waals surface area contributed by atoms with Gasteiger partial charge in [-0.25, -0.2) is 9.59 Å². The van der Waals surface area contributed by atoms with Crippen LogP contribution >= 0.6 is 0 Å². The summed E-state index contributed by atoms with van der Waals surface area (Å²) in [4.78, 5) is 57.8. The Morgan fingerprint density at radius 1 is 0.561 bits per heavy atom. The minimum absolute atomic E-state index is 0.0611. The van der Waals surface area contributed by atoms with Gasteiger partial charge in [0, 0.05) is 76.6 Å². The zero-order valence-corrected chi connectivity index (χ0v) is 35.9. The van der Waals surface area contributed by atoms with E-state index in [9.17, 15) is 19.2 Å². The molecule has 2 N–H and O–H groups in total. The molecule has 0 atom stereocenters. The van der Waals surface area contributed by atoms with Gasteiger partial charge in [-0.1, -0.05) is 96.9 Å². The first-order valence-corrected chi connectivity index (χ1v) is 22.5. The predicted molar refractivity (Wildman–Crippen MR) is 234 cm³/mol. The summed E-state index contributed by atoms with van der Waals surface area (Å²) < 4.78 is 0. The van der Waals surface area contributed by atoms with Gasteiger partial charge in [-0.15, -0.1) is 0 Å². The molecule has 0 spiro atoms. The molecule has 5 rings (SSSR count). The molecule has 6 amide bonds. The average molecular weight is 787 g/mol. The number of rotatable bonds is 15. The van der Waals surface area contributed by atoms with E-state index in [4.69, 9.17) is 0 Å². The van der Waals surface area contributed by atoms with Gasteiger partial charge in [-0.05, 0) is 98.6 Å². The fraction of sp³-hybridized carbons (Fsp3) is 0.660. The smallest absolute Gasteiger partial charge is 0.321 e. The molecule has 57 heavy (non-hydrogen) atoms. The van der Waals surface area contributed by atoms with Crippen molar-refractivity contribution < 1.29 is 19.2 Å². The van der Waals surface area contributed by atoms with Gasteiger partial charge in [0.2, 0.25) is 11.8 Å². The van der Waals surface area contributed by atoms with Crippen LogP contribution in [0.25, 0.3) is 0 Å². The van der Waals surface area contributed by atoms with Crippen molar-refractivity contribution >= 4 is 35.3 Å². The standard InChI is InChI=1S/C25H39N3O2.C22H35N3O2/c1-2-3-4-8-22-11-14-23(15-12-22)26-25(30)28-18-7-17-27(19-20-28)24(29)16-13-21-9-5-6-10-21;1-4-5-7-19-9-11-20(12-10-19)23-22(27)25-15-6-14-24(16-17-25)21(26)13-8-18(2)3/h11-12,14-15,21H,2-10,13,16-20H2,1H3,(H,26,30);9-12,18H,4-8,13-17H2,1-3H3,(H,23,27). The Hall–Kier alpha value is -4.08. The highest BCUT2D eigenvalue weighted by Gasteiger charge is 2.24. The number of benzene rings is 2. The number of anilines is 2. The molecule has 10 nitrogen and oxygen atoms in total. The van der Waals surface area contributed by atoms with Crippen LogP contribution in [0.2, 0.25) is 0 Å². The van der Waals surface area contributed by atoms with Crippen LogP contribution in [0.3, 0.4) is 0 Å². The average Bonchev–Trinajstić information content (AvgIpc) is 3.44. The van der Waals surface area contributed by atoms with Crippen molar-refractivity contribution in [2.24, 2.45) is 11.8 Å². The van der Waals surface area contributed by atoms with Gasteiger partial charge >= 0.3 is 12.1 Å². The van der Waals surface area contributed by atoms with Crippen molar-refractivity contribution in [1.82, 2.24) is 19.6 Å². The molecule has 2 heterocycles. The lowest BCUT2D eigenvalue weighted by Crippen LogP contribution is -2.39. The van der Waals surface area contributed by atoms with Crippen LogP contribution in [-0.2, 0) is 22.4 Å². The molecular weight excluding hydrogens is 713 g/mol. The quantitative estimate of drug-likeness (QED) is 0.175. The summed E-state index contributed by atoms with van der Waals surface area (Å²) in [7, 11) is 0. The molecule has 2 saturated heterocycles. The first-order chi connectivity index (χ1) is 27.6. The van der Waals surface area contributed by atoms with E-state index in [1.807, 2.05) is 43.9 Å². The number of amides is 6. The van der Waals surface area contributed by atoms with Crippen LogP contribution in [0.5, 0.6) is 0 Å². The number of carbonyl (C=O) groups is 4. The first-order valence-electron chi connectivity index (χ1n) is 22.5. The molecule has 316 valence electrons. The van der Waals surface area contributed by atoms with Gasteiger partial charge in [-0.2, -0.15) is 0 Å². The van der Waals surface area contributed by atoms with E-state index < -0.39 is 0 Å². The van der Waals surface area contributed by atoms with Crippen LogP contribution < -0.4 is 10.6 Å². The van der Waals surface area contributed by atoms with Gasteiger partial charge < -0.3 is 30.2 Å². The van der Waals surface area contributed by atoms with Crippen molar-refractivity contribution in [3.8, 4) is 0 Å². The van der Waals surface area contributed by atoms with Gasteiger partial charge in [0.05, 0.1) is 0 Å². The molecule has 1 aliphatic carbocycles. The Morgan fingerprint density at radius 2 is 1.00 bits per heavy atom. The normalized spacial score (nSPS) is 16.4. The Balaban J connectivity index is 0.000000254. The van der Waals surface area contributed by atoms with Crippen LogP contribution in [0.4, 0.5) is 21.0 Å². The predicted octanol–water partition coefficient (Wildman–Crippen LogP) is 9.99. The van der Waals surface area contributed by atoms with E-state index in [2.05, 4.69) is 62.6 Å². The lowest BCUT2D eigenvalue weighted by Gasteiger charge is -2.23. The minimum Gasteiger partial charge on any atom is -0.341 e. The lowest BCUT2D eigenvalue weighted by molar-refractivity contribution is -0.132. The number of nitrogens with zero attached hydrogens (tertiary/aromatic N) is 4. The lowest BCUT2D eigenvalue weighted by atomic mass is 10.0. The molecule has 0 bridgehead atoms. The van der Waals surface area contributed by atoms with Crippen molar-refractivity contribution in [1.29, 1.82) is 0 Å². The summed E-state index contributed by atoms with van der Waals surface area (Å²) in [6.07, 6.45) is 18.4. The molecule has 3 fully saturated rings. The number of carbonyl (C=O) groups excluding carboxylic acids is 4. The largest absolute Gasteiger partial charge is 0.341 e. The van der Waals surface area contributed by atoms with Crippen molar-refractivity contribution in [3.05, 3.63) is 59.7 Å². The van der Waals surface area contributed by atoms with Gasteiger partial charge in [0.25, 0.3) is 0 Å². The molecule has 0 aromatic heterocycles. The maximum absolute atomic E-state index is 12.7. The van der Waals surface area contributed by atoms with Gasteiger partial charge in [0.1, 0.15) is 0 Å². The minimum atomic E-state index is -0.0761. The maximum atomic E-state index is 12.7. The van der Waals surface area contributed by atoms with E-state index in [0.717, 1.165) is 68.9 Å². The first kappa shape index (κ1) is 45.6. The van der Waals surface area contributed by atoms with Crippen molar-refractivity contribution in [3.63, 3.8) is 0 Å². The third kappa shape index (κ3) is 16.7. The van der Waals surface area contributed by atoms with Crippen molar-refractivity contribution in [2.45, 2.75) is 137 Å². The SMILES string of the molecule is CCCCCc1ccc(NC(=O)N2CCCN(C(=O)CCC3CCCC3)CC2)cc1.CCCCc1ccc(NC(=O)N2CCCN(C(=O)CCC(C)C)CC2)cc1. The van der Waals surface area contributed by atoms with E-state index in [1.165, 1.54) is 68.9 Å². The summed E-state index contributed by atoms with van der Waals surface area (Å²) in [6.45, 7) is 14.0. The fourth-order valence-electron chi connectivity index (χ4n) is 7.97. The Kier molecular flexibility index (Phi) is 20.3. The zero-order chi connectivity index (χ0) is 40.8. The monoisotopic (exact) mass is 787 g/mol. The molecule has 2 aromatic rings. The van der Waals surface area contributed by atoms with Crippen LogP contribution in [0, 0.1) is 11.8 Å². The Bertz CT molecular complexity index is 1490. The van der Waals surface area contributed by atoms with Gasteiger partial charge in [-0.3, -0.25) is 9.59 Å². The second-order valence-electron chi connectivity index (χ2n) is 16.9. The highest BCUT2D eigenvalue weighted by molar-refractivity contribution is 5.90. The van der Waals surface area contributed by atoms with Crippen LogP contribution in [0.1, 0.15) is 135 Å². The summed E-state index contributed by atoms with van der Waals surface area (Å²) in [6, 6.07) is 16.2. The summed E-state index contributed by atoms with van der Waals surface area (Å²) in [5.41, 5.74) is 4.30.